The van der Waals surface area contributed by atoms with Crippen LogP contribution in [0.3, 0.4) is 0 Å². The van der Waals surface area contributed by atoms with Gasteiger partial charge in [-0.15, -0.1) is 0 Å². The average molecular weight is 848 g/mol. The van der Waals surface area contributed by atoms with Crippen molar-refractivity contribution in [2.45, 2.75) is 93.2 Å². The molecule has 3 aliphatic heterocycles. The zero-order valence-corrected chi connectivity index (χ0v) is 32.1. The van der Waals surface area contributed by atoms with Crippen molar-refractivity contribution in [3.8, 4) is 0 Å². The standard InChI is InChI=1S/C26H44N9O15P3S/c27-22-19-23(31-13-30-22)35(24-21(38)20(37)15(48-24)11-47-52(43,44)50-53(45,46)49-51(40,41)42)25(33-19)29-10-6-2-1-5-9-28-17(36)8-4-3-7-16-18-14(12-54-16)32-26(39)34-18/h13-16,18,20-21,24,37-38H,1-12H2,(H,28,36)(H,29,33)(H,43,44)(H,45,46)(H2,27,30,31)(H2,32,34,39)(H2,40,41,42)/t14-,15+,16-,18-,20+,21+,24+/m0/s1. The van der Waals surface area contributed by atoms with Gasteiger partial charge >= 0.3 is 29.5 Å². The van der Waals surface area contributed by atoms with Gasteiger partial charge in [-0.2, -0.15) is 20.4 Å². The van der Waals surface area contributed by atoms with Crippen molar-refractivity contribution < 1.29 is 71.0 Å². The Morgan fingerprint density at radius 1 is 1.00 bits per heavy atom. The van der Waals surface area contributed by atoms with Crippen LogP contribution in [0.4, 0.5) is 16.6 Å². The minimum atomic E-state index is -5.78. The van der Waals surface area contributed by atoms with E-state index in [0.29, 0.717) is 31.2 Å². The fourth-order valence-corrected chi connectivity index (χ4v) is 10.8. The largest absolute Gasteiger partial charge is 0.490 e. The number of nitrogens with one attached hydrogen (secondary N) is 4. The van der Waals surface area contributed by atoms with Crippen molar-refractivity contribution >= 4 is 70.1 Å². The predicted molar refractivity (Wildman–Crippen MR) is 189 cm³/mol. The molecule has 3 saturated heterocycles. The van der Waals surface area contributed by atoms with E-state index < -0.39 is 54.6 Å². The minimum absolute atomic E-state index is 0.00318. The molecule has 5 rings (SSSR count). The van der Waals surface area contributed by atoms with Crippen LogP contribution < -0.4 is 27.0 Å². The lowest BCUT2D eigenvalue weighted by atomic mass is 10.0. The highest BCUT2D eigenvalue weighted by molar-refractivity contribution is 8.00. The molecule has 2 aromatic rings. The molecule has 0 aliphatic carbocycles. The summed E-state index contributed by atoms with van der Waals surface area (Å²) in [5.41, 5.74) is 6.24. The number of carbonyl (C=O) groups excluding carboxylic acids is 2. The normalized spacial score (nSPS) is 27.6. The minimum Gasteiger partial charge on any atom is -0.387 e. The van der Waals surface area contributed by atoms with Gasteiger partial charge in [-0.3, -0.25) is 13.9 Å². The number of rotatable bonds is 21. The Bertz CT molecular complexity index is 1790. The number of aliphatic hydroxyl groups excluding tert-OH is 2. The molecule has 0 aromatic carbocycles. The molecule has 0 spiro atoms. The van der Waals surface area contributed by atoms with Gasteiger partial charge in [0.2, 0.25) is 11.9 Å². The summed E-state index contributed by atoms with van der Waals surface area (Å²) in [5.74, 6) is 1.04. The summed E-state index contributed by atoms with van der Waals surface area (Å²) in [7, 11) is -16.9. The molecule has 5 heterocycles. The van der Waals surface area contributed by atoms with E-state index in [4.69, 9.17) is 20.3 Å². The quantitative estimate of drug-likeness (QED) is 0.0453. The lowest BCUT2D eigenvalue weighted by Gasteiger charge is -2.20. The van der Waals surface area contributed by atoms with Crippen molar-refractivity contribution in [2.75, 3.05) is 36.5 Å². The number of fused-ring (bicyclic) bond motifs is 2. The van der Waals surface area contributed by atoms with Crippen LogP contribution >= 0.6 is 35.2 Å². The van der Waals surface area contributed by atoms with Crippen LogP contribution in [0.1, 0.15) is 57.6 Å². The average Bonchev–Trinajstić information content (AvgIpc) is 3.80. The number of aromatic nitrogens is 4. The molecule has 0 saturated carbocycles. The van der Waals surface area contributed by atoms with E-state index in [0.717, 1.165) is 50.6 Å². The predicted octanol–water partition coefficient (Wildman–Crippen LogP) is 0.185. The van der Waals surface area contributed by atoms with E-state index in [-0.39, 0.29) is 47.0 Å². The number of urea groups is 1. The Labute approximate surface area is 312 Å². The topological polar surface area (TPSA) is 361 Å². The fourth-order valence-electron chi connectivity index (χ4n) is 6.24. The van der Waals surface area contributed by atoms with Crippen LogP contribution in [0.5, 0.6) is 0 Å². The summed E-state index contributed by atoms with van der Waals surface area (Å²) in [4.78, 5) is 72.8. The number of unbranched alkanes of at least 4 members (excludes halogenated alkanes) is 4. The summed E-state index contributed by atoms with van der Waals surface area (Å²) in [6.45, 7) is -0.0707. The molecule has 3 fully saturated rings. The maximum Gasteiger partial charge on any atom is 0.490 e. The van der Waals surface area contributed by atoms with E-state index in [1.165, 1.54) is 4.57 Å². The third-order valence-electron chi connectivity index (χ3n) is 8.70. The zero-order chi connectivity index (χ0) is 39.3. The van der Waals surface area contributed by atoms with Crippen molar-refractivity contribution in [3.05, 3.63) is 6.33 Å². The lowest BCUT2D eigenvalue weighted by molar-refractivity contribution is -0.121. The second-order valence-electron chi connectivity index (χ2n) is 12.7. The molecule has 3 amide bonds. The van der Waals surface area contributed by atoms with E-state index in [9.17, 15) is 43.3 Å². The Balaban J connectivity index is 1.04. The van der Waals surface area contributed by atoms with Gasteiger partial charge < -0.3 is 61.5 Å². The van der Waals surface area contributed by atoms with Crippen molar-refractivity contribution in [2.24, 2.45) is 0 Å². The molecule has 28 heteroatoms. The first-order valence-electron chi connectivity index (χ1n) is 16.9. The summed E-state index contributed by atoms with van der Waals surface area (Å²) in [6, 6.07) is 0.242. The Hall–Kier alpha value is -2.47. The van der Waals surface area contributed by atoms with Crippen LogP contribution in [-0.4, -0.2) is 122 Å². The number of anilines is 2. The van der Waals surface area contributed by atoms with E-state index in [2.05, 4.69) is 49.4 Å². The first kappa shape index (κ1) is 42.7. The van der Waals surface area contributed by atoms with Crippen LogP contribution in [0, 0.1) is 0 Å². The van der Waals surface area contributed by atoms with Crippen LogP contribution in [0.2, 0.25) is 0 Å². The molecular formula is C26H44N9O15P3S. The third-order valence-corrected chi connectivity index (χ3v) is 14.0. The summed E-state index contributed by atoms with van der Waals surface area (Å²) in [6.07, 6.45) is 0.873. The molecular weight excluding hydrogens is 803 g/mol. The molecule has 9 atom stereocenters. The van der Waals surface area contributed by atoms with Crippen molar-refractivity contribution in [3.63, 3.8) is 0 Å². The number of nitrogens with two attached hydrogens (primary N) is 1. The van der Waals surface area contributed by atoms with Gasteiger partial charge in [0.1, 0.15) is 24.6 Å². The van der Waals surface area contributed by atoms with Crippen molar-refractivity contribution in [1.82, 2.24) is 35.5 Å². The number of aliphatic hydroxyl groups is 2. The number of nitrogens with zero attached hydrogens (tertiary/aromatic N) is 4. The highest BCUT2D eigenvalue weighted by atomic mass is 32.2. The number of phosphoric ester groups is 1. The molecule has 2 aromatic heterocycles. The molecule has 304 valence electrons. The first-order chi connectivity index (χ1) is 25.4. The molecule has 54 heavy (non-hydrogen) atoms. The number of amides is 3. The van der Waals surface area contributed by atoms with Crippen molar-refractivity contribution in [1.29, 1.82) is 0 Å². The first-order valence-corrected chi connectivity index (χ1v) is 22.5. The number of ether oxygens (including phenoxy) is 1. The lowest BCUT2D eigenvalue weighted by Crippen LogP contribution is -2.36. The zero-order valence-electron chi connectivity index (χ0n) is 28.6. The third kappa shape index (κ3) is 11.5. The van der Waals surface area contributed by atoms with E-state index in [1.807, 2.05) is 11.8 Å². The highest BCUT2D eigenvalue weighted by Crippen LogP contribution is 2.66. The van der Waals surface area contributed by atoms with E-state index in [1.54, 1.807) is 0 Å². The number of phosphoric acid groups is 3. The Kier molecular flexibility index (Phi) is 14.4. The molecule has 3 aliphatic rings. The summed E-state index contributed by atoms with van der Waals surface area (Å²) < 4.78 is 53.6. The number of nitrogen functional groups attached to an aromatic ring is 1. The summed E-state index contributed by atoms with van der Waals surface area (Å²) in [5, 5.41) is 33.9. The number of imidazole rings is 1. The number of carbonyl (C=O) groups is 2. The van der Waals surface area contributed by atoms with Gasteiger partial charge in [-0.25, -0.2) is 33.4 Å². The molecule has 24 nitrogen and oxygen atoms in total. The van der Waals surface area contributed by atoms with Gasteiger partial charge in [-0.05, 0) is 25.7 Å². The van der Waals surface area contributed by atoms with E-state index >= 15 is 0 Å². The van der Waals surface area contributed by atoms with Gasteiger partial charge in [-0.1, -0.05) is 19.3 Å². The molecule has 2 unspecified atom stereocenters. The second kappa shape index (κ2) is 18.2. The Morgan fingerprint density at radius 3 is 2.48 bits per heavy atom. The van der Waals surface area contributed by atoms with Gasteiger partial charge in [0.15, 0.2) is 23.2 Å². The van der Waals surface area contributed by atoms with Crippen LogP contribution in [0.15, 0.2) is 6.33 Å². The molecule has 12 N–H and O–H groups in total. The van der Waals surface area contributed by atoms with Gasteiger partial charge in [0.25, 0.3) is 0 Å². The second-order valence-corrected chi connectivity index (χ2v) is 18.4. The smallest absolute Gasteiger partial charge is 0.387 e. The van der Waals surface area contributed by atoms with Crippen LogP contribution in [-0.2, 0) is 36.4 Å². The Morgan fingerprint density at radius 2 is 1.74 bits per heavy atom. The summed E-state index contributed by atoms with van der Waals surface area (Å²) >= 11 is 1.85. The maximum atomic E-state index is 12.3. The maximum absolute atomic E-state index is 12.3. The number of hydrogen-bond acceptors (Lipinski definition) is 17. The van der Waals surface area contributed by atoms with Crippen LogP contribution in [0.25, 0.3) is 11.2 Å². The monoisotopic (exact) mass is 847 g/mol. The number of hydrogen-bond donors (Lipinski definition) is 11. The number of thioether (sulfide) groups is 1. The SMILES string of the molecule is Nc1ncnc2c1nc(NCCCCCCNC(=O)CCCC[C@@H]1SC[C@@H]3NC(=O)N[C@@H]31)n2[C@@H]1O[C@H](COP(=O)(O)OP(=O)(O)OP(=O)(O)O)[C@@H](O)[C@H]1O. The molecule has 0 radical (unpaired) electrons. The molecule has 0 bridgehead atoms. The van der Waals surface area contributed by atoms with Gasteiger partial charge in [0.05, 0.1) is 18.7 Å². The van der Waals surface area contributed by atoms with Gasteiger partial charge in [0, 0.05) is 30.5 Å². The highest BCUT2D eigenvalue weighted by Gasteiger charge is 2.48. The fraction of sp³-hybridized carbons (Fsp3) is 0.731.